The summed E-state index contributed by atoms with van der Waals surface area (Å²) in [6.45, 7) is 16.4. The van der Waals surface area contributed by atoms with Crippen LogP contribution in [0.3, 0.4) is 0 Å². The molecule has 3 amide bonds. The fourth-order valence-corrected chi connectivity index (χ4v) is 9.14. The highest BCUT2D eigenvalue weighted by Crippen LogP contribution is 2.33. The summed E-state index contributed by atoms with van der Waals surface area (Å²) in [7, 11) is 1.43. The van der Waals surface area contributed by atoms with Gasteiger partial charge in [0, 0.05) is 106 Å². The molecule has 2 aromatic heterocycles. The molecule has 3 aliphatic rings. The zero-order valence-corrected chi connectivity index (χ0v) is 40.5. The second kappa shape index (κ2) is 24.2. The van der Waals surface area contributed by atoms with E-state index < -0.39 is 11.7 Å². The number of rotatable bonds is 21. The number of unbranched alkanes of at least 4 members (excludes halogenated alkanes) is 3. The van der Waals surface area contributed by atoms with Gasteiger partial charge in [-0.3, -0.25) is 19.3 Å². The molecule has 2 fully saturated rings. The first kappa shape index (κ1) is 50.5. The summed E-state index contributed by atoms with van der Waals surface area (Å²) in [6.07, 6.45) is 7.18. The molecule has 0 aliphatic carbocycles. The van der Waals surface area contributed by atoms with Gasteiger partial charge in [0.25, 0.3) is 0 Å². The Morgan fingerprint density at radius 1 is 0.940 bits per heavy atom. The first-order valence-corrected chi connectivity index (χ1v) is 24.1. The molecule has 0 bridgehead atoms. The number of carbonyl (C=O) groups is 4. The highest BCUT2D eigenvalue weighted by Gasteiger charge is 2.31. The highest BCUT2D eigenvalue weighted by atomic mass is 16.6. The van der Waals surface area contributed by atoms with Crippen LogP contribution in [-0.4, -0.2) is 133 Å². The number of benzene rings is 1. The third-order valence-electron chi connectivity index (χ3n) is 12.6. The summed E-state index contributed by atoms with van der Waals surface area (Å²) in [5, 5.41) is 11.3. The number of esters is 1. The number of aryl methyl sites for hydroxylation is 3. The molecule has 3 aromatic rings. The lowest BCUT2D eigenvalue weighted by Crippen LogP contribution is -2.48. The lowest BCUT2D eigenvalue weighted by Gasteiger charge is -2.37. The number of methoxy groups -OCH3 is 1. The van der Waals surface area contributed by atoms with Gasteiger partial charge in [0.1, 0.15) is 11.4 Å². The zero-order valence-electron chi connectivity index (χ0n) is 40.5. The Kier molecular flexibility index (Phi) is 18.3. The number of hydrogen-bond donors (Lipinski definition) is 1. The molecule has 18 nitrogen and oxygen atoms in total. The standard InChI is InChI=1S/C49H71N11O7/c1-35-27-36(2)60(54-35)42-29-39(28-41(31-42)57-23-25-58(26-24-57)45(62)15-11-14-43(61)51-19-9-7-8-10-20-52-55-50)40(30-46(63)65-6)33-56-22-18-37(32-56)34-66-44-17-16-38-13-12-21-59(47(38)53-44)48(64)67-49(3,4)5/h16-17,27-29,31,37,40H,7-15,18-26,30,32-34H2,1-6H3,(H,51,61)/t37-,40-/m1/s1. The summed E-state index contributed by atoms with van der Waals surface area (Å²) < 4.78 is 19.2. The monoisotopic (exact) mass is 926 g/mol. The van der Waals surface area contributed by atoms with Gasteiger partial charge in [-0.05, 0) is 127 Å². The molecule has 0 saturated carbocycles. The number of anilines is 2. The molecular weight excluding hydrogens is 855 g/mol. The number of ether oxygens (including phenoxy) is 3. The quantitative estimate of drug-likeness (QED) is 0.0366. The Bertz CT molecular complexity index is 2210. The molecular formula is C49H71N11O7. The van der Waals surface area contributed by atoms with E-state index in [2.05, 4.69) is 43.3 Å². The van der Waals surface area contributed by atoms with Crippen LogP contribution < -0.4 is 19.9 Å². The predicted molar refractivity (Wildman–Crippen MR) is 257 cm³/mol. The first-order chi connectivity index (χ1) is 32.2. The largest absolute Gasteiger partial charge is 0.477 e. The van der Waals surface area contributed by atoms with Crippen molar-refractivity contribution in [3.05, 3.63) is 69.4 Å². The number of aromatic nitrogens is 3. The van der Waals surface area contributed by atoms with Crippen molar-refractivity contribution in [1.82, 2.24) is 29.9 Å². The Balaban J connectivity index is 1.06. The van der Waals surface area contributed by atoms with Crippen LogP contribution in [0.5, 0.6) is 5.88 Å². The van der Waals surface area contributed by atoms with E-state index in [0.717, 1.165) is 91.9 Å². The Morgan fingerprint density at radius 2 is 1.72 bits per heavy atom. The lowest BCUT2D eigenvalue weighted by atomic mass is 9.93. The molecule has 6 rings (SSSR count). The van der Waals surface area contributed by atoms with Crippen molar-refractivity contribution in [3.63, 3.8) is 0 Å². The van der Waals surface area contributed by atoms with Gasteiger partial charge < -0.3 is 34.2 Å². The molecule has 5 heterocycles. The minimum atomic E-state index is -0.613. The zero-order chi connectivity index (χ0) is 47.9. The van der Waals surface area contributed by atoms with E-state index in [1.54, 1.807) is 4.90 Å². The van der Waals surface area contributed by atoms with Gasteiger partial charge in [0.15, 0.2) is 0 Å². The van der Waals surface area contributed by atoms with Crippen molar-refractivity contribution >= 4 is 35.4 Å². The van der Waals surface area contributed by atoms with Crippen LogP contribution in [-0.2, 0) is 30.3 Å². The van der Waals surface area contributed by atoms with E-state index in [1.807, 2.05) is 62.4 Å². The molecule has 1 aromatic carbocycles. The number of nitrogens with one attached hydrogen (secondary N) is 1. The molecule has 2 atom stereocenters. The van der Waals surface area contributed by atoms with Crippen LogP contribution in [0.15, 0.2) is 41.5 Å². The Hall–Kier alpha value is -5.87. The first-order valence-electron chi connectivity index (χ1n) is 24.1. The fourth-order valence-electron chi connectivity index (χ4n) is 9.14. The Labute approximate surface area is 395 Å². The third-order valence-corrected chi connectivity index (χ3v) is 12.6. The van der Waals surface area contributed by atoms with Crippen LogP contribution in [0, 0.1) is 19.8 Å². The second-order valence-electron chi connectivity index (χ2n) is 19.1. The van der Waals surface area contributed by atoms with Crippen LogP contribution in [0.2, 0.25) is 0 Å². The van der Waals surface area contributed by atoms with E-state index >= 15 is 0 Å². The van der Waals surface area contributed by atoms with Crippen LogP contribution in [0.1, 0.15) is 113 Å². The molecule has 3 aliphatic heterocycles. The number of fused-ring (bicyclic) bond motifs is 1. The number of pyridine rings is 1. The van der Waals surface area contributed by atoms with Crippen molar-refractivity contribution < 1.29 is 33.4 Å². The molecule has 2 saturated heterocycles. The molecule has 0 unspecified atom stereocenters. The smallest absolute Gasteiger partial charge is 0.416 e. The molecule has 0 radical (unpaired) electrons. The van der Waals surface area contributed by atoms with Crippen LogP contribution >= 0.6 is 0 Å². The maximum absolute atomic E-state index is 13.3. The van der Waals surface area contributed by atoms with Gasteiger partial charge in [-0.25, -0.2) is 9.48 Å². The van der Waals surface area contributed by atoms with Gasteiger partial charge in [-0.2, -0.15) is 10.1 Å². The number of likely N-dealkylation sites (tertiary alicyclic amines) is 1. The Morgan fingerprint density at radius 3 is 2.45 bits per heavy atom. The maximum atomic E-state index is 13.3. The van der Waals surface area contributed by atoms with E-state index in [1.165, 1.54) is 7.11 Å². The van der Waals surface area contributed by atoms with E-state index in [-0.39, 0.29) is 36.0 Å². The van der Waals surface area contributed by atoms with Gasteiger partial charge in [0.2, 0.25) is 17.7 Å². The van der Waals surface area contributed by atoms with E-state index in [4.69, 9.17) is 29.8 Å². The van der Waals surface area contributed by atoms with Crippen molar-refractivity contribution in [2.45, 2.75) is 117 Å². The second-order valence-corrected chi connectivity index (χ2v) is 19.1. The number of amides is 3. The van der Waals surface area contributed by atoms with Gasteiger partial charge in [0.05, 0.1) is 31.5 Å². The molecule has 364 valence electrons. The predicted octanol–water partition coefficient (Wildman–Crippen LogP) is 7.43. The van der Waals surface area contributed by atoms with Crippen molar-refractivity contribution in [1.29, 1.82) is 0 Å². The normalized spacial score (nSPS) is 16.8. The minimum absolute atomic E-state index is 0.0388. The molecule has 18 heteroatoms. The van der Waals surface area contributed by atoms with Crippen LogP contribution in [0.4, 0.5) is 16.3 Å². The molecule has 1 N–H and O–H groups in total. The van der Waals surface area contributed by atoms with E-state index in [9.17, 15) is 19.2 Å². The summed E-state index contributed by atoms with van der Waals surface area (Å²) in [6, 6.07) is 12.4. The average Bonchev–Trinajstić information content (AvgIpc) is 3.91. The van der Waals surface area contributed by atoms with Gasteiger partial charge in [-0.15, -0.1) is 0 Å². The number of hydrogen-bond acceptors (Lipinski definition) is 12. The number of azide groups is 1. The summed E-state index contributed by atoms with van der Waals surface area (Å²) in [5.41, 5.74) is 13.6. The minimum Gasteiger partial charge on any atom is -0.477 e. The number of nitrogens with zero attached hydrogens (tertiary/aromatic N) is 10. The summed E-state index contributed by atoms with van der Waals surface area (Å²) in [5.74, 6) is 0.900. The SMILES string of the molecule is COC(=O)C[C@H](CN1CC[C@@H](COc2ccc3c(n2)N(C(=O)OC(C)(C)C)CCC3)C1)c1cc(N2CCN(C(=O)CCCC(=O)NCCCCCCN=[N+]=[N-])CC2)cc(-n2nc(C)cc2C)c1. The number of carbonyl (C=O) groups excluding carboxylic acids is 4. The van der Waals surface area contributed by atoms with Crippen LogP contribution in [0.25, 0.3) is 16.1 Å². The van der Waals surface area contributed by atoms with Gasteiger partial charge in [-0.1, -0.05) is 18.0 Å². The highest BCUT2D eigenvalue weighted by molar-refractivity contribution is 5.88. The van der Waals surface area contributed by atoms with E-state index in [0.29, 0.717) is 89.9 Å². The number of piperazine rings is 1. The molecule has 0 spiro atoms. The van der Waals surface area contributed by atoms with Gasteiger partial charge >= 0.3 is 12.1 Å². The molecule has 67 heavy (non-hydrogen) atoms. The summed E-state index contributed by atoms with van der Waals surface area (Å²) in [4.78, 5) is 67.5. The third kappa shape index (κ3) is 15.1. The maximum Gasteiger partial charge on any atom is 0.416 e. The van der Waals surface area contributed by atoms with Crippen molar-refractivity contribution in [2.24, 2.45) is 11.0 Å². The average molecular weight is 926 g/mol. The van der Waals surface area contributed by atoms with Crippen molar-refractivity contribution in [3.8, 4) is 11.6 Å². The summed E-state index contributed by atoms with van der Waals surface area (Å²) >= 11 is 0. The lowest BCUT2D eigenvalue weighted by molar-refractivity contribution is -0.141. The topological polar surface area (TPSA) is 200 Å². The fraction of sp³-hybridized carbons (Fsp3) is 0.633. The van der Waals surface area contributed by atoms with Crippen molar-refractivity contribution in [2.75, 3.05) is 89.0 Å².